The molecule has 1 aromatic rings. The highest BCUT2D eigenvalue weighted by molar-refractivity contribution is 14.1. The lowest BCUT2D eigenvalue weighted by Gasteiger charge is -1.99. The van der Waals surface area contributed by atoms with E-state index in [9.17, 15) is 4.79 Å². The molecule has 0 heterocycles. The van der Waals surface area contributed by atoms with Crippen LogP contribution in [0.15, 0.2) is 48.6 Å². The van der Waals surface area contributed by atoms with Gasteiger partial charge in [-0.25, -0.2) is 0 Å². The molecule has 0 aromatic heterocycles. The van der Waals surface area contributed by atoms with Gasteiger partial charge in [-0.15, -0.1) is 11.6 Å². The van der Waals surface area contributed by atoms with Gasteiger partial charge in [0.25, 0.3) is 0 Å². The van der Waals surface area contributed by atoms with Gasteiger partial charge in [0.1, 0.15) is 11.1 Å². The van der Waals surface area contributed by atoms with Crippen LogP contribution in [0.1, 0.15) is 0 Å². The monoisotopic (exact) mass is 348 g/mol. The minimum Gasteiger partial charge on any atom is -0.507 e. The molecule has 1 N–H and O–H groups in total. The molecule has 2 rings (SSSR count). The number of benzene rings is 1. The quantitative estimate of drug-likeness (QED) is 0.577. The molecule has 1 atom stereocenters. The Labute approximate surface area is 113 Å². The number of ketones is 1. The van der Waals surface area contributed by atoms with Crippen LogP contribution in [-0.2, 0) is 4.79 Å². The van der Waals surface area contributed by atoms with Gasteiger partial charge >= 0.3 is 0 Å². The van der Waals surface area contributed by atoms with Crippen LogP contribution in [0, 0.1) is 3.57 Å². The molecule has 0 amide bonds. The molecule has 0 aliphatic heterocycles. The maximum absolute atomic E-state index is 10.5. The lowest BCUT2D eigenvalue weighted by atomic mass is 10.2. The van der Waals surface area contributed by atoms with Gasteiger partial charge in [-0.1, -0.05) is 30.4 Å². The van der Waals surface area contributed by atoms with Gasteiger partial charge in [0.2, 0.25) is 0 Å². The highest BCUT2D eigenvalue weighted by atomic mass is 127. The zero-order valence-corrected chi connectivity index (χ0v) is 11.2. The zero-order chi connectivity index (χ0) is 12.0. The fourth-order valence-corrected chi connectivity index (χ4v) is 1.49. The van der Waals surface area contributed by atoms with Crippen molar-refractivity contribution in [2.24, 2.45) is 0 Å². The summed E-state index contributed by atoms with van der Waals surface area (Å²) in [5, 5.41) is 8.48. The fraction of sp³-hybridized carbons (Fsp3) is 0.0833. The summed E-state index contributed by atoms with van der Waals surface area (Å²) in [4.78, 5) is 10.5. The molecule has 1 aromatic carbocycles. The van der Waals surface area contributed by atoms with Gasteiger partial charge in [0, 0.05) is 0 Å². The number of aromatic hydroxyl groups is 1. The highest BCUT2D eigenvalue weighted by Gasteiger charge is 2.08. The second-order valence-corrected chi connectivity index (χ2v) is 4.63. The maximum atomic E-state index is 10.5. The molecule has 4 heteroatoms. The normalized spacial score (nSPS) is 17.9. The Hall–Kier alpha value is -0.810. The molecule has 16 heavy (non-hydrogen) atoms. The number of allylic oxidation sites excluding steroid dienone is 4. The Morgan fingerprint density at radius 1 is 1.25 bits per heavy atom. The Balaban J connectivity index is 0.000000160. The SMILES string of the molecule is O=C1C=CC=CC1Cl.Oc1ccccc1I. The van der Waals surface area contributed by atoms with E-state index in [0.29, 0.717) is 5.75 Å². The smallest absolute Gasteiger partial charge is 0.177 e. The summed E-state index contributed by atoms with van der Waals surface area (Å²) in [6.07, 6.45) is 6.57. The first-order valence-electron chi connectivity index (χ1n) is 4.57. The maximum Gasteiger partial charge on any atom is 0.177 e. The Kier molecular flexibility index (Phi) is 5.55. The fourth-order valence-electron chi connectivity index (χ4n) is 0.951. The van der Waals surface area contributed by atoms with Gasteiger partial charge in [0.05, 0.1) is 3.57 Å². The molecule has 0 bridgehead atoms. The van der Waals surface area contributed by atoms with Crippen molar-refractivity contribution >= 4 is 40.0 Å². The van der Waals surface area contributed by atoms with E-state index >= 15 is 0 Å². The van der Waals surface area contributed by atoms with Crippen molar-refractivity contribution in [3.8, 4) is 5.75 Å². The van der Waals surface area contributed by atoms with Crippen LogP contribution in [0.25, 0.3) is 0 Å². The predicted octanol–water partition coefficient (Wildman–Crippen LogP) is 3.29. The number of phenolic OH excluding ortho intramolecular Hbond substituents is 1. The van der Waals surface area contributed by atoms with Gasteiger partial charge in [-0.05, 0) is 40.8 Å². The molecule has 2 nitrogen and oxygen atoms in total. The van der Waals surface area contributed by atoms with E-state index in [-0.39, 0.29) is 5.78 Å². The number of halogens is 2. The van der Waals surface area contributed by atoms with E-state index < -0.39 is 5.38 Å². The van der Waals surface area contributed by atoms with Crippen LogP contribution in [0.3, 0.4) is 0 Å². The van der Waals surface area contributed by atoms with E-state index in [4.69, 9.17) is 16.7 Å². The van der Waals surface area contributed by atoms with E-state index in [1.54, 1.807) is 30.4 Å². The second-order valence-electron chi connectivity index (χ2n) is 3.00. The summed E-state index contributed by atoms with van der Waals surface area (Å²) in [6, 6.07) is 7.22. The molecule has 84 valence electrons. The van der Waals surface area contributed by atoms with Gasteiger partial charge in [0.15, 0.2) is 5.78 Å². The topological polar surface area (TPSA) is 37.3 Å². The summed E-state index contributed by atoms with van der Waals surface area (Å²) >= 11 is 7.55. The van der Waals surface area contributed by atoms with E-state index in [1.807, 2.05) is 12.1 Å². The lowest BCUT2D eigenvalue weighted by molar-refractivity contribution is -0.113. The average Bonchev–Trinajstić information content (AvgIpc) is 2.28. The third kappa shape index (κ3) is 4.37. The lowest BCUT2D eigenvalue weighted by Crippen LogP contribution is -2.09. The molecule has 1 unspecified atom stereocenters. The Morgan fingerprint density at radius 3 is 2.31 bits per heavy atom. The predicted molar refractivity (Wildman–Crippen MR) is 73.8 cm³/mol. The number of carbonyl (C=O) groups is 1. The Bertz CT molecular complexity index is 406. The minimum absolute atomic E-state index is 0.0332. The third-order valence-corrected chi connectivity index (χ3v) is 3.05. The second kappa shape index (κ2) is 6.70. The number of phenols is 1. The summed E-state index contributed by atoms with van der Waals surface area (Å²) in [6.45, 7) is 0. The molecular formula is C12H10ClIO2. The first-order chi connectivity index (χ1) is 7.61. The van der Waals surface area contributed by atoms with Crippen molar-refractivity contribution in [2.75, 3.05) is 0 Å². The first kappa shape index (κ1) is 13.3. The molecule has 0 radical (unpaired) electrons. The van der Waals surface area contributed by atoms with Crippen molar-refractivity contribution < 1.29 is 9.90 Å². The summed E-state index contributed by atoms with van der Waals surface area (Å²) in [5.41, 5.74) is 0. The number of hydrogen-bond acceptors (Lipinski definition) is 2. The van der Waals surface area contributed by atoms with E-state index in [0.717, 1.165) is 3.57 Å². The number of para-hydroxylation sites is 1. The largest absolute Gasteiger partial charge is 0.507 e. The van der Waals surface area contributed by atoms with Gasteiger partial charge < -0.3 is 5.11 Å². The highest BCUT2D eigenvalue weighted by Crippen LogP contribution is 2.16. The standard InChI is InChI=1S/C6H5ClO.C6H5IO/c2*7-5-3-1-2-4-6(5)8/h1-5H;1-4,8H. The zero-order valence-electron chi connectivity index (χ0n) is 8.31. The van der Waals surface area contributed by atoms with Gasteiger partial charge in [-0.3, -0.25) is 4.79 Å². The Morgan fingerprint density at radius 2 is 1.94 bits per heavy atom. The van der Waals surface area contributed by atoms with Crippen molar-refractivity contribution in [1.29, 1.82) is 0 Å². The molecular weight excluding hydrogens is 338 g/mol. The average molecular weight is 349 g/mol. The van der Waals surface area contributed by atoms with Crippen molar-refractivity contribution in [2.45, 2.75) is 5.38 Å². The molecule has 0 spiro atoms. The van der Waals surface area contributed by atoms with Crippen LogP contribution in [-0.4, -0.2) is 16.3 Å². The third-order valence-electron chi connectivity index (χ3n) is 1.78. The number of carbonyl (C=O) groups excluding carboxylic acids is 1. The van der Waals surface area contributed by atoms with Crippen LogP contribution < -0.4 is 0 Å². The molecule has 0 saturated carbocycles. The minimum atomic E-state index is -0.431. The molecule has 0 saturated heterocycles. The summed E-state index contributed by atoms with van der Waals surface area (Å²) < 4.78 is 0.894. The van der Waals surface area contributed by atoms with Crippen molar-refractivity contribution in [3.05, 3.63) is 52.1 Å². The summed E-state index contributed by atoms with van der Waals surface area (Å²) in [5.74, 6) is 0.322. The van der Waals surface area contributed by atoms with E-state index in [1.165, 1.54) is 6.08 Å². The summed E-state index contributed by atoms with van der Waals surface area (Å²) in [7, 11) is 0. The number of rotatable bonds is 0. The van der Waals surface area contributed by atoms with E-state index in [2.05, 4.69) is 22.6 Å². The first-order valence-corrected chi connectivity index (χ1v) is 6.09. The molecule has 0 fully saturated rings. The van der Waals surface area contributed by atoms with Crippen LogP contribution in [0.2, 0.25) is 0 Å². The molecule has 1 aliphatic carbocycles. The molecule has 1 aliphatic rings. The number of alkyl halides is 1. The van der Waals surface area contributed by atoms with Crippen LogP contribution >= 0.6 is 34.2 Å². The van der Waals surface area contributed by atoms with Crippen LogP contribution in [0.4, 0.5) is 0 Å². The number of hydrogen-bond donors (Lipinski definition) is 1. The van der Waals surface area contributed by atoms with Crippen molar-refractivity contribution in [3.63, 3.8) is 0 Å². The van der Waals surface area contributed by atoms with Crippen molar-refractivity contribution in [1.82, 2.24) is 0 Å². The van der Waals surface area contributed by atoms with Crippen LogP contribution in [0.5, 0.6) is 5.75 Å². The van der Waals surface area contributed by atoms with Gasteiger partial charge in [-0.2, -0.15) is 0 Å².